The Morgan fingerprint density at radius 1 is 1.00 bits per heavy atom. The number of hydrogen-bond donors (Lipinski definition) is 0. The molecule has 0 N–H and O–H groups in total. The number of benzene rings is 1. The lowest BCUT2D eigenvalue weighted by molar-refractivity contribution is -0.138. The summed E-state index contributed by atoms with van der Waals surface area (Å²) in [4.78, 5) is 2.08. The Morgan fingerprint density at radius 2 is 1.61 bits per heavy atom. The van der Waals surface area contributed by atoms with Crippen LogP contribution in [0.2, 0.25) is 0 Å². The maximum Gasteiger partial charge on any atom is 0.416 e. The minimum atomic E-state index is -4.26. The lowest BCUT2D eigenvalue weighted by Gasteiger charge is -2.31. The van der Waals surface area contributed by atoms with Gasteiger partial charge in [-0.05, 0) is 56.4 Å². The van der Waals surface area contributed by atoms with E-state index in [1.54, 1.807) is 13.8 Å². The van der Waals surface area contributed by atoms with E-state index in [1.165, 1.54) is 12.5 Å². The Balaban J connectivity index is 2.44. The molecule has 1 aromatic rings. The number of alkyl halides is 3. The molecule has 0 atom stereocenters. The van der Waals surface area contributed by atoms with Gasteiger partial charge in [0, 0.05) is 18.8 Å². The van der Waals surface area contributed by atoms with Gasteiger partial charge in [-0.3, -0.25) is 0 Å². The molecule has 1 aliphatic rings. The molecule has 0 aliphatic carbocycles. The van der Waals surface area contributed by atoms with Gasteiger partial charge in [-0.1, -0.05) is 0 Å². The second-order valence-corrected chi connectivity index (χ2v) is 5.00. The fourth-order valence-corrected chi connectivity index (χ4v) is 2.60. The third kappa shape index (κ3) is 2.62. The molecule has 1 heterocycles. The number of aryl methyl sites for hydroxylation is 1. The molecule has 0 bridgehead atoms. The van der Waals surface area contributed by atoms with Gasteiger partial charge in [-0.2, -0.15) is 13.2 Å². The maximum absolute atomic E-state index is 13.0. The van der Waals surface area contributed by atoms with Crippen molar-refractivity contribution >= 4 is 5.69 Å². The van der Waals surface area contributed by atoms with Crippen LogP contribution in [0.3, 0.4) is 0 Å². The second kappa shape index (κ2) is 4.82. The van der Waals surface area contributed by atoms with E-state index in [0.29, 0.717) is 11.1 Å². The van der Waals surface area contributed by atoms with Crippen molar-refractivity contribution in [1.29, 1.82) is 0 Å². The summed E-state index contributed by atoms with van der Waals surface area (Å²) in [7, 11) is 0. The van der Waals surface area contributed by atoms with E-state index in [-0.39, 0.29) is 0 Å². The summed E-state index contributed by atoms with van der Waals surface area (Å²) >= 11 is 0. The molecular weight excluding hydrogens is 239 g/mol. The van der Waals surface area contributed by atoms with Gasteiger partial charge in [0.2, 0.25) is 0 Å². The fourth-order valence-electron chi connectivity index (χ4n) is 2.60. The molecule has 0 amide bonds. The van der Waals surface area contributed by atoms with Crippen LogP contribution in [0, 0.1) is 13.8 Å². The smallest absolute Gasteiger partial charge is 0.371 e. The molecule has 1 saturated heterocycles. The van der Waals surface area contributed by atoms with Gasteiger partial charge in [0.05, 0.1) is 5.56 Å². The van der Waals surface area contributed by atoms with Crippen molar-refractivity contribution in [3.8, 4) is 0 Å². The fraction of sp³-hybridized carbons (Fsp3) is 0.571. The maximum atomic E-state index is 13.0. The Hall–Kier alpha value is -1.19. The van der Waals surface area contributed by atoms with E-state index in [2.05, 4.69) is 4.90 Å². The van der Waals surface area contributed by atoms with Gasteiger partial charge < -0.3 is 4.90 Å². The largest absolute Gasteiger partial charge is 0.416 e. The molecule has 18 heavy (non-hydrogen) atoms. The Morgan fingerprint density at radius 3 is 2.17 bits per heavy atom. The highest BCUT2D eigenvalue weighted by Crippen LogP contribution is 2.37. The SMILES string of the molecule is Cc1cc(N2CCCCC2)c(C)c(C(F)(F)F)c1. The number of halogens is 3. The molecule has 0 saturated carbocycles. The van der Waals surface area contributed by atoms with Crippen LogP contribution < -0.4 is 4.90 Å². The normalized spacial score (nSPS) is 17.1. The first-order chi connectivity index (χ1) is 8.39. The van der Waals surface area contributed by atoms with Gasteiger partial charge in [-0.25, -0.2) is 0 Å². The zero-order valence-electron chi connectivity index (χ0n) is 10.8. The van der Waals surface area contributed by atoms with Crippen molar-refractivity contribution in [3.63, 3.8) is 0 Å². The zero-order valence-corrected chi connectivity index (χ0v) is 10.8. The number of piperidine rings is 1. The summed E-state index contributed by atoms with van der Waals surface area (Å²) < 4.78 is 38.9. The van der Waals surface area contributed by atoms with Crippen molar-refractivity contribution < 1.29 is 13.2 Å². The van der Waals surface area contributed by atoms with Gasteiger partial charge in [0.15, 0.2) is 0 Å². The second-order valence-electron chi connectivity index (χ2n) is 5.00. The molecule has 1 aromatic carbocycles. The van der Waals surface area contributed by atoms with E-state index < -0.39 is 11.7 Å². The Labute approximate surface area is 106 Å². The molecule has 4 heteroatoms. The number of nitrogens with zero attached hydrogens (tertiary/aromatic N) is 1. The first kappa shape index (κ1) is 13.2. The van der Waals surface area contributed by atoms with Gasteiger partial charge in [-0.15, -0.1) is 0 Å². The van der Waals surface area contributed by atoms with Crippen molar-refractivity contribution in [2.24, 2.45) is 0 Å². The van der Waals surface area contributed by atoms with E-state index in [9.17, 15) is 13.2 Å². The third-order valence-electron chi connectivity index (χ3n) is 3.53. The number of anilines is 1. The topological polar surface area (TPSA) is 3.24 Å². The number of hydrogen-bond acceptors (Lipinski definition) is 1. The van der Waals surface area contributed by atoms with Crippen LogP contribution >= 0.6 is 0 Å². The Bertz CT molecular complexity index is 431. The van der Waals surface area contributed by atoms with Crippen LogP contribution in [0.4, 0.5) is 18.9 Å². The number of rotatable bonds is 1. The lowest BCUT2D eigenvalue weighted by atomic mass is 10.0. The molecular formula is C14H18F3N. The molecule has 0 unspecified atom stereocenters. The Kier molecular flexibility index (Phi) is 3.55. The van der Waals surface area contributed by atoms with Gasteiger partial charge in [0.1, 0.15) is 0 Å². The molecule has 1 fully saturated rings. The van der Waals surface area contributed by atoms with Crippen molar-refractivity contribution in [2.75, 3.05) is 18.0 Å². The van der Waals surface area contributed by atoms with Gasteiger partial charge in [0.25, 0.3) is 0 Å². The van der Waals surface area contributed by atoms with E-state index >= 15 is 0 Å². The van der Waals surface area contributed by atoms with E-state index in [0.717, 1.165) is 31.6 Å². The average molecular weight is 257 g/mol. The molecule has 0 aromatic heterocycles. The van der Waals surface area contributed by atoms with Crippen LogP contribution in [0.1, 0.15) is 36.0 Å². The van der Waals surface area contributed by atoms with Gasteiger partial charge >= 0.3 is 6.18 Å². The minimum absolute atomic E-state index is 0.356. The molecule has 1 aliphatic heterocycles. The predicted molar refractivity (Wildman–Crippen MR) is 67.0 cm³/mol. The molecule has 2 rings (SSSR count). The van der Waals surface area contributed by atoms with E-state index in [4.69, 9.17) is 0 Å². The lowest BCUT2D eigenvalue weighted by Crippen LogP contribution is -2.30. The monoisotopic (exact) mass is 257 g/mol. The average Bonchev–Trinajstić information content (AvgIpc) is 2.31. The van der Waals surface area contributed by atoms with E-state index in [1.807, 2.05) is 6.07 Å². The summed E-state index contributed by atoms with van der Waals surface area (Å²) in [5, 5.41) is 0. The summed E-state index contributed by atoms with van der Waals surface area (Å²) in [6, 6.07) is 3.11. The molecule has 0 spiro atoms. The summed E-state index contributed by atoms with van der Waals surface area (Å²) in [5.74, 6) is 0. The third-order valence-corrected chi connectivity index (χ3v) is 3.53. The van der Waals surface area contributed by atoms with Crippen molar-refractivity contribution in [1.82, 2.24) is 0 Å². The highest BCUT2D eigenvalue weighted by atomic mass is 19.4. The van der Waals surface area contributed by atoms with Crippen molar-refractivity contribution in [2.45, 2.75) is 39.3 Å². The first-order valence-corrected chi connectivity index (χ1v) is 6.33. The van der Waals surface area contributed by atoms with Crippen LogP contribution in [0.15, 0.2) is 12.1 Å². The quantitative estimate of drug-likeness (QED) is 0.724. The van der Waals surface area contributed by atoms with Crippen molar-refractivity contribution in [3.05, 3.63) is 28.8 Å². The predicted octanol–water partition coefficient (Wildman–Crippen LogP) is 4.31. The molecule has 0 radical (unpaired) electrons. The standard InChI is InChI=1S/C14H18F3N/c1-10-8-12(14(15,16)17)11(2)13(9-10)18-6-4-3-5-7-18/h8-9H,3-7H2,1-2H3. The summed E-state index contributed by atoms with van der Waals surface area (Å²) in [6.45, 7) is 5.03. The van der Waals surface area contributed by atoms with Crippen LogP contribution in [0.25, 0.3) is 0 Å². The summed E-state index contributed by atoms with van der Waals surface area (Å²) in [5.41, 5.74) is 1.29. The van der Waals surface area contributed by atoms with Crippen LogP contribution in [-0.4, -0.2) is 13.1 Å². The molecule has 1 nitrogen and oxygen atoms in total. The van der Waals surface area contributed by atoms with Crippen LogP contribution in [0.5, 0.6) is 0 Å². The molecule has 100 valence electrons. The first-order valence-electron chi connectivity index (χ1n) is 6.33. The van der Waals surface area contributed by atoms with Crippen LogP contribution in [-0.2, 0) is 6.18 Å². The highest BCUT2D eigenvalue weighted by Gasteiger charge is 2.34. The minimum Gasteiger partial charge on any atom is -0.371 e. The highest BCUT2D eigenvalue weighted by molar-refractivity contribution is 5.59. The summed E-state index contributed by atoms with van der Waals surface area (Å²) in [6.07, 6.45) is -0.961. The zero-order chi connectivity index (χ0) is 13.3.